The fourth-order valence-corrected chi connectivity index (χ4v) is 2.82. The molecule has 20 heavy (non-hydrogen) atoms. The van der Waals surface area contributed by atoms with Crippen LogP contribution in [0.4, 0.5) is 0 Å². The fraction of sp³-hybridized carbons (Fsp3) is 0.600. The number of aryl methyl sites for hydroxylation is 1. The van der Waals surface area contributed by atoms with Crippen LogP contribution in [0, 0.1) is 0 Å². The second kappa shape index (κ2) is 7.04. The molecule has 5 heteroatoms. The molecule has 2 rings (SSSR count). The van der Waals surface area contributed by atoms with E-state index < -0.39 is 0 Å². The Morgan fingerprint density at radius 3 is 3.00 bits per heavy atom. The van der Waals surface area contributed by atoms with E-state index in [1.54, 1.807) is 6.07 Å². The summed E-state index contributed by atoms with van der Waals surface area (Å²) in [4.78, 5) is 18.9. The number of carbonyl (C=O) groups is 1. The SMILES string of the molecule is CCc1cc(C(=O)NC2CCCN(CC)C2)cc(Cl)n1. The summed E-state index contributed by atoms with van der Waals surface area (Å²) in [6.07, 6.45) is 2.95. The summed E-state index contributed by atoms with van der Waals surface area (Å²) in [6, 6.07) is 3.69. The van der Waals surface area contributed by atoms with Gasteiger partial charge in [-0.2, -0.15) is 0 Å². The van der Waals surface area contributed by atoms with E-state index in [1.807, 2.05) is 13.0 Å². The molecule has 1 fully saturated rings. The second-order valence-corrected chi connectivity index (χ2v) is 5.62. The molecule has 1 aliphatic heterocycles. The van der Waals surface area contributed by atoms with Gasteiger partial charge in [0.1, 0.15) is 5.15 Å². The Kier molecular flexibility index (Phi) is 5.38. The lowest BCUT2D eigenvalue weighted by molar-refractivity contribution is 0.0905. The van der Waals surface area contributed by atoms with E-state index in [1.165, 1.54) is 0 Å². The van der Waals surface area contributed by atoms with Crippen LogP contribution in [0.2, 0.25) is 5.15 Å². The van der Waals surface area contributed by atoms with Crippen LogP contribution >= 0.6 is 11.6 Å². The molecule has 0 bridgehead atoms. The number of likely N-dealkylation sites (tertiary alicyclic amines) is 1. The van der Waals surface area contributed by atoms with Crippen LogP contribution in [-0.4, -0.2) is 41.5 Å². The highest BCUT2D eigenvalue weighted by Gasteiger charge is 2.21. The normalized spacial score (nSPS) is 19.9. The number of hydrogen-bond acceptors (Lipinski definition) is 3. The highest BCUT2D eigenvalue weighted by molar-refractivity contribution is 6.29. The molecule has 110 valence electrons. The molecular formula is C15H22ClN3O. The van der Waals surface area contributed by atoms with Crippen molar-refractivity contribution in [1.82, 2.24) is 15.2 Å². The van der Waals surface area contributed by atoms with E-state index in [0.29, 0.717) is 10.7 Å². The van der Waals surface area contributed by atoms with Crippen molar-refractivity contribution < 1.29 is 4.79 Å². The summed E-state index contributed by atoms with van der Waals surface area (Å²) >= 11 is 5.96. The van der Waals surface area contributed by atoms with Crippen molar-refractivity contribution >= 4 is 17.5 Å². The number of amides is 1. The number of pyridine rings is 1. The van der Waals surface area contributed by atoms with Crippen molar-refractivity contribution in [3.05, 3.63) is 28.5 Å². The second-order valence-electron chi connectivity index (χ2n) is 5.23. The molecule has 4 nitrogen and oxygen atoms in total. The van der Waals surface area contributed by atoms with Gasteiger partial charge >= 0.3 is 0 Å². The van der Waals surface area contributed by atoms with Crippen LogP contribution in [0.25, 0.3) is 0 Å². The maximum Gasteiger partial charge on any atom is 0.251 e. The summed E-state index contributed by atoms with van der Waals surface area (Å²) in [5.41, 5.74) is 1.46. The molecular weight excluding hydrogens is 274 g/mol. The minimum absolute atomic E-state index is 0.0491. The lowest BCUT2D eigenvalue weighted by Gasteiger charge is -2.32. The van der Waals surface area contributed by atoms with Gasteiger partial charge in [0, 0.05) is 23.8 Å². The summed E-state index contributed by atoms with van der Waals surface area (Å²) in [6.45, 7) is 7.25. The Balaban J connectivity index is 2.02. The Labute approximate surface area is 125 Å². The van der Waals surface area contributed by atoms with Crippen molar-refractivity contribution in [2.45, 2.75) is 39.2 Å². The first-order chi connectivity index (χ1) is 9.62. The first-order valence-electron chi connectivity index (χ1n) is 7.32. The molecule has 0 spiro atoms. The van der Waals surface area contributed by atoms with Gasteiger partial charge in [-0.3, -0.25) is 4.79 Å². The van der Waals surface area contributed by atoms with Gasteiger partial charge in [-0.1, -0.05) is 25.4 Å². The predicted octanol–water partition coefficient (Wildman–Crippen LogP) is 2.51. The molecule has 0 saturated carbocycles. The van der Waals surface area contributed by atoms with Crippen molar-refractivity contribution in [2.24, 2.45) is 0 Å². The van der Waals surface area contributed by atoms with E-state index in [0.717, 1.165) is 44.6 Å². The number of aromatic nitrogens is 1. The predicted molar refractivity (Wildman–Crippen MR) is 81.2 cm³/mol. The Hall–Kier alpha value is -1.13. The summed E-state index contributed by atoms with van der Waals surface area (Å²) in [7, 11) is 0. The number of piperidine rings is 1. The van der Waals surface area contributed by atoms with Crippen molar-refractivity contribution in [2.75, 3.05) is 19.6 Å². The first-order valence-corrected chi connectivity index (χ1v) is 7.69. The van der Waals surface area contributed by atoms with Gasteiger partial charge in [-0.25, -0.2) is 4.98 Å². The van der Waals surface area contributed by atoms with Crippen LogP contribution in [0.15, 0.2) is 12.1 Å². The number of nitrogens with one attached hydrogen (secondary N) is 1. The monoisotopic (exact) mass is 295 g/mol. The first kappa shape index (κ1) is 15.3. The maximum atomic E-state index is 12.3. The van der Waals surface area contributed by atoms with Gasteiger partial charge in [0.25, 0.3) is 5.91 Å². The van der Waals surface area contributed by atoms with Gasteiger partial charge < -0.3 is 10.2 Å². The van der Waals surface area contributed by atoms with E-state index in [2.05, 4.69) is 22.1 Å². The number of hydrogen-bond donors (Lipinski definition) is 1. The third kappa shape index (κ3) is 3.93. The van der Waals surface area contributed by atoms with Crippen molar-refractivity contribution in [3.8, 4) is 0 Å². The molecule has 1 saturated heterocycles. The maximum absolute atomic E-state index is 12.3. The highest BCUT2D eigenvalue weighted by atomic mass is 35.5. The molecule has 1 unspecified atom stereocenters. The van der Waals surface area contributed by atoms with Crippen LogP contribution < -0.4 is 5.32 Å². The molecule has 1 aromatic heterocycles. The van der Waals surface area contributed by atoms with E-state index in [-0.39, 0.29) is 11.9 Å². The van der Waals surface area contributed by atoms with E-state index in [9.17, 15) is 4.79 Å². The van der Waals surface area contributed by atoms with Crippen molar-refractivity contribution in [1.29, 1.82) is 0 Å². The molecule has 1 N–H and O–H groups in total. The largest absolute Gasteiger partial charge is 0.348 e. The van der Waals surface area contributed by atoms with Gasteiger partial charge in [0.15, 0.2) is 0 Å². The van der Waals surface area contributed by atoms with Crippen molar-refractivity contribution in [3.63, 3.8) is 0 Å². The number of likely N-dealkylation sites (N-methyl/N-ethyl adjacent to an activating group) is 1. The quantitative estimate of drug-likeness (QED) is 0.868. The summed E-state index contributed by atoms with van der Waals surface area (Å²) in [5, 5.41) is 3.49. The van der Waals surface area contributed by atoms with Gasteiger partial charge in [-0.15, -0.1) is 0 Å². The molecule has 2 heterocycles. The number of rotatable bonds is 4. The standard InChI is InChI=1S/C15H22ClN3O/c1-3-12-8-11(9-14(16)17-12)15(20)18-13-6-5-7-19(4-2)10-13/h8-9,13H,3-7,10H2,1-2H3,(H,18,20). The van der Waals surface area contributed by atoms with Crippen LogP contribution in [0.3, 0.4) is 0 Å². The van der Waals surface area contributed by atoms with Crippen LogP contribution in [0.5, 0.6) is 0 Å². The topological polar surface area (TPSA) is 45.2 Å². The average molecular weight is 296 g/mol. The summed E-state index contributed by atoms with van der Waals surface area (Å²) in [5.74, 6) is -0.0491. The minimum atomic E-state index is -0.0491. The van der Waals surface area contributed by atoms with Gasteiger partial charge in [0.2, 0.25) is 0 Å². The van der Waals surface area contributed by atoms with Gasteiger partial charge in [-0.05, 0) is 44.5 Å². The fourth-order valence-electron chi connectivity index (χ4n) is 2.59. The Morgan fingerprint density at radius 2 is 2.30 bits per heavy atom. The minimum Gasteiger partial charge on any atom is -0.348 e. The zero-order valence-electron chi connectivity index (χ0n) is 12.2. The molecule has 1 aliphatic rings. The zero-order chi connectivity index (χ0) is 14.5. The highest BCUT2D eigenvalue weighted by Crippen LogP contribution is 2.14. The Bertz CT molecular complexity index is 478. The third-order valence-electron chi connectivity index (χ3n) is 3.76. The summed E-state index contributed by atoms with van der Waals surface area (Å²) < 4.78 is 0. The lowest BCUT2D eigenvalue weighted by atomic mass is 10.1. The molecule has 0 aliphatic carbocycles. The number of nitrogens with zero attached hydrogens (tertiary/aromatic N) is 2. The Morgan fingerprint density at radius 1 is 1.50 bits per heavy atom. The lowest BCUT2D eigenvalue weighted by Crippen LogP contribution is -2.47. The number of carbonyl (C=O) groups excluding carboxylic acids is 1. The van der Waals surface area contributed by atoms with Gasteiger partial charge in [0.05, 0.1) is 0 Å². The molecule has 1 aromatic rings. The third-order valence-corrected chi connectivity index (χ3v) is 3.95. The zero-order valence-corrected chi connectivity index (χ0v) is 12.9. The molecule has 1 atom stereocenters. The van der Waals surface area contributed by atoms with Crippen LogP contribution in [0.1, 0.15) is 42.7 Å². The number of halogens is 1. The molecule has 1 amide bonds. The molecule has 0 radical (unpaired) electrons. The average Bonchev–Trinajstić information content (AvgIpc) is 2.46. The molecule has 0 aromatic carbocycles. The van der Waals surface area contributed by atoms with E-state index >= 15 is 0 Å². The van der Waals surface area contributed by atoms with Crippen LogP contribution in [-0.2, 0) is 6.42 Å². The van der Waals surface area contributed by atoms with E-state index in [4.69, 9.17) is 11.6 Å². The smallest absolute Gasteiger partial charge is 0.251 e.